The summed E-state index contributed by atoms with van der Waals surface area (Å²) in [4.78, 5) is 16.6. The molecule has 0 bridgehead atoms. The summed E-state index contributed by atoms with van der Waals surface area (Å²) >= 11 is 0. The maximum atomic E-state index is 8.74. The number of unbranched alkanes of at least 4 members (excludes halogenated alkanes) is 1. The summed E-state index contributed by atoms with van der Waals surface area (Å²) in [5.74, 6) is 0.921. The Bertz CT molecular complexity index is 150. The molecule has 0 fully saturated rings. The van der Waals surface area contributed by atoms with Crippen LogP contribution in [0.4, 0.5) is 0 Å². The monoisotopic (exact) mass is 239 g/mol. The molecule has 0 aliphatic heterocycles. The minimum Gasteiger partial charge on any atom is -0.326 e. The van der Waals surface area contributed by atoms with E-state index in [1.54, 1.807) is 0 Å². The van der Waals surface area contributed by atoms with Crippen molar-refractivity contribution in [3.8, 4) is 0 Å². The van der Waals surface area contributed by atoms with Gasteiger partial charge in [-0.1, -0.05) is 33.1 Å². The van der Waals surface area contributed by atoms with Gasteiger partial charge < -0.3 is 14.7 Å². The second-order valence-electron chi connectivity index (χ2n) is 3.96. The summed E-state index contributed by atoms with van der Waals surface area (Å²) in [5.41, 5.74) is 0. The Labute approximate surface area is 94.3 Å². The Morgan fingerprint density at radius 1 is 1.27 bits per heavy atom. The first-order valence-corrected chi connectivity index (χ1v) is 6.80. The van der Waals surface area contributed by atoms with Crippen molar-refractivity contribution in [1.82, 2.24) is 4.90 Å². The van der Waals surface area contributed by atoms with Crippen LogP contribution in [0.1, 0.15) is 39.5 Å². The van der Waals surface area contributed by atoms with Crippen molar-refractivity contribution in [1.29, 1.82) is 0 Å². The molecular weight excluding hydrogens is 213 g/mol. The van der Waals surface area contributed by atoms with Crippen molar-refractivity contribution in [2.45, 2.75) is 39.5 Å². The minimum absolute atomic E-state index is 0.921. The zero-order valence-corrected chi connectivity index (χ0v) is 11.4. The smallest absolute Gasteiger partial charge is 0.314 e. The molecule has 0 radical (unpaired) electrons. The van der Waals surface area contributed by atoms with Gasteiger partial charge in [0.1, 0.15) is 0 Å². The molecule has 1 unspecified atom stereocenters. The summed E-state index contributed by atoms with van der Waals surface area (Å²) in [6, 6.07) is 0. The van der Waals surface area contributed by atoms with Crippen LogP contribution in [0.15, 0.2) is 0 Å². The van der Waals surface area contributed by atoms with Crippen LogP contribution >= 0.6 is 8.25 Å². The van der Waals surface area contributed by atoms with Crippen LogP contribution in [-0.4, -0.2) is 35.3 Å². The van der Waals surface area contributed by atoms with E-state index in [4.69, 9.17) is 14.4 Å². The third kappa shape index (κ3) is 20.2. The molecular formula is C10H26NO3P. The molecule has 0 saturated carbocycles. The maximum Gasteiger partial charge on any atom is 0.314 e. The van der Waals surface area contributed by atoms with Crippen LogP contribution in [0.3, 0.4) is 0 Å². The highest BCUT2D eigenvalue weighted by Gasteiger charge is 2.05. The van der Waals surface area contributed by atoms with E-state index in [1.165, 1.54) is 32.2 Å². The van der Waals surface area contributed by atoms with E-state index in [9.17, 15) is 0 Å². The van der Waals surface area contributed by atoms with Gasteiger partial charge in [0.05, 0.1) is 0 Å². The highest BCUT2D eigenvalue weighted by Crippen LogP contribution is 2.12. The fourth-order valence-electron chi connectivity index (χ4n) is 1.43. The highest BCUT2D eigenvalue weighted by molar-refractivity contribution is 7.30. The van der Waals surface area contributed by atoms with E-state index in [0.717, 1.165) is 5.92 Å². The molecule has 0 saturated heterocycles. The van der Waals surface area contributed by atoms with Crippen LogP contribution in [-0.2, 0) is 4.57 Å². The molecule has 0 heterocycles. The average Bonchev–Trinajstić information content (AvgIpc) is 2.10. The molecule has 1 atom stereocenters. The number of nitrogens with zero attached hydrogens (tertiary/aromatic N) is 1. The highest BCUT2D eigenvalue weighted by atomic mass is 31.1. The van der Waals surface area contributed by atoms with Crippen molar-refractivity contribution in [3.63, 3.8) is 0 Å². The molecule has 0 aliphatic rings. The zero-order chi connectivity index (χ0) is 12.3. The van der Waals surface area contributed by atoms with Gasteiger partial charge in [-0.15, -0.1) is 0 Å². The number of hydrogen-bond acceptors (Lipinski definition) is 2. The molecule has 2 N–H and O–H groups in total. The van der Waals surface area contributed by atoms with Gasteiger partial charge in [0.15, 0.2) is 0 Å². The molecule has 0 aromatic carbocycles. The standard InChI is InChI=1S/C10H23N.H3O3P/c1-5-7-8-10(6-2)9-11(3)4;1-4(2)3/h10H,5-9H2,1-4H3;4H,(H2,1,2,3). The topological polar surface area (TPSA) is 60.8 Å². The third-order valence-electron chi connectivity index (χ3n) is 2.17. The first kappa shape index (κ1) is 17.5. The van der Waals surface area contributed by atoms with Crippen molar-refractivity contribution in [2.24, 2.45) is 5.92 Å². The van der Waals surface area contributed by atoms with Crippen LogP contribution in [0.5, 0.6) is 0 Å². The van der Waals surface area contributed by atoms with Crippen LogP contribution in [0, 0.1) is 5.92 Å². The van der Waals surface area contributed by atoms with Crippen LogP contribution < -0.4 is 0 Å². The minimum atomic E-state index is -3.13. The normalized spacial score (nSPS) is 12.5. The predicted molar refractivity (Wildman–Crippen MR) is 65.3 cm³/mol. The summed E-state index contributed by atoms with van der Waals surface area (Å²) in [6.45, 7) is 5.82. The summed E-state index contributed by atoms with van der Waals surface area (Å²) in [5, 5.41) is 0. The molecule has 0 rings (SSSR count). The van der Waals surface area contributed by atoms with Gasteiger partial charge >= 0.3 is 8.25 Å². The number of rotatable bonds is 6. The molecule has 15 heavy (non-hydrogen) atoms. The summed E-state index contributed by atoms with van der Waals surface area (Å²) < 4.78 is 8.74. The van der Waals surface area contributed by atoms with Gasteiger partial charge in [-0.3, -0.25) is 4.57 Å². The first-order valence-electron chi connectivity index (χ1n) is 5.50. The lowest BCUT2D eigenvalue weighted by Gasteiger charge is -2.18. The largest absolute Gasteiger partial charge is 0.326 e. The molecule has 0 aliphatic carbocycles. The van der Waals surface area contributed by atoms with Crippen LogP contribution in [0.2, 0.25) is 0 Å². The van der Waals surface area contributed by atoms with Gasteiger partial charge in [-0.2, -0.15) is 0 Å². The van der Waals surface area contributed by atoms with Gasteiger partial charge in [0.25, 0.3) is 0 Å². The molecule has 5 heteroatoms. The fourth-order valence-corrected chi connectivity index (χ4v) is 1.43. The van der Waals surface area contributed by atoms with Gasteiger partial charge in [-0.05, 0) is 26.4 Å². The molecule has 0 amide bonds. The van der Waals surface area contributed by atoms with Gasteiger partial charge in [0.2, 0.25) is 0 Å². The maximum absolute atomic E-state index is 8.74. The molecule has 0 aromatic rings. The quantitative estimate of drug-likeness (QED) is 0.697. The van der Waals surface area contributed by atoms with Crippen molar-refractivity contribution >= 4 is 8.25 Å². The Morgan fingerprint density at radius 2 is 1.73 bits per heavy atom. The van der Waals surface area contributed by atoms with Gasteiger partial charge in [0, 0.05) is 6.54 Å². The van der Waals surface area contributed by atoms with Crippen molar-refractivity contribution in [3.05, 3.63) is 0 Å². The van der Waals surface area contributed by atoms with E-state index in [1.807, 2.05) is 0 Å². The second kappa shape index (κ2) is 12.2. The average molecular weight is 239 g/mol. The Hall–Kier alpha value is 0.110. The lowest BCUT2D eigenvalue weighted by Crippen LogP contribution is -2.21. The Kier molecular flexibility index (Phi) is 14.2. The number of hydrogen-bond donors (Lipinski definition) is 2. The third-order valence-corrected chi connectivity index (χ3v) is 2.17. The first-order chi connectivity index (χ1) is 6.93. The molecule has 4 nitrogen and oxygen atoms in total. The summed E-state index contributed by atoms with van der Waals surface area (Å²) in [6.07, 6.45) is 5.47. The summed E-state index contributed by atoms with van der Waals surface area (Å²) in [7, 11) is 1.19. The lowest BCUT2D eigenvalue weighted by molar-refractivity contribution is 0.301. The van der Waals surface area contributed by atoms with Crippen molar-refractivity contribution < 1.29 is 14.4 Å². The Morgan fingerprint density at radius 3 is 2.00 bits per heavy atom. The predicted octanol–water partition coefficient (Wildman–Crippen LogP) is 2.13. The van der Waals surface area contributed by atoms with Gasteiger partial charge in [-0.25, -0.2) is 0 Å². The van der Waals surface area contributed by atoms with Crippen molar-refractivity contribution in [2.75, 3.05) is 20.6 Å². The molecule has 94 valence electrons. The van der Waals surface area contributed by atoms with E-state index in [-0.39, 0.29) is 0 Å². The SMILES string of the molecule is CCCCC(CC)CN(C)C.O=[PH](O)O. The Balaban J connectivity index is 0. The lowest BCUT2D eigenvalue weighted by atomic mass is 9.99. The van der Waals surface area contributed by atoms with E-state index < -0.39 is 8.25 Å². The zero-order valence-electron chi connectivity index (χ0n) is 10.4. The van der Waals surface area contributed by atoms with E-state index >= 15 is 0 Å². The van der Waals surface area contributed by atoms with E-state index in [2.05, 4.69) is 32.8 Å². The van der Waals surface area contributed by atoms with Crippen LogP contribution in [0.25, 0.3) is 0 Å². The molecule has 0 aromatic heterocycles. The second-order valence-corrected chi connectivity index (χ2v) is 4.53. The van der Waals surface area contributed by atoms with E-state index in [0.29, 0.717) is 0 Å². The molecule has 0 spiro atoms. The fraction of sp³-hybridized carbons (Fsp3) is 1.00.